The number of hydrogen-bond acceptors (Lipinski definition) is 5. The van der Waals surface area contributed by atoms with Crippen molar-refractivity contribution >= 4 is 11.6 Å². The van der Waals surface area contributed by atoms with Crippen molar-refractivity contribution in [2.45, 2.75) is 32.7 Å². The molecule has 2 saturated heterocycles. The van der Waals surface area contributed by atoms with Gasteiger partial charge in [0.15, 0.2) is 6.29 Å². The van der Waals surface area contributed by atoms with Crippen molar-refractivity contribution in [3.63, 3.8) is 0 Å². The molecule has 0 N–H and O–H groups in total. The van der Waals surface area contributed by atoms with Gasteiger partial charge in [-0.1, -0.05) is 18.2 Å². The van der Waals surface area contributed by atoms with E-state index in [2.05, 4.69) is 4.98 Å². The third kappa shape index (κ3) is 4.16. The van der Waals surface area contributed by atoms with Crippen molar-refractivity contribution < 1.29 is 19.0 Å². The molecule has 1 atom stereocenters. The van der Waals surface area contributed by atoms with Crippen LogP contribution in [0.25, 0.3) is 5.65 Å². The molecule has 1 amide bonds. The molecule has 1 unspecified atom stereocenters. The summed E-state index contributed by atoms with van der Waals surface area (Å²) in [6.45, 7) is 4.99. The molecule has 2 aliphatic rings. The second-order valence-corrected chi connectivity index (χ2v) is 8.20. The van der Waals surface area contributed by atoms with E-state index in [4.69, 9.17) is 14.2 Å². The zero-order chi connectivity index (χ0) is 21.2. The lowest BCUT2D eigenvalue weighted by molar-refractivity contribution is -0.0969. The van der Waals surface area contributed by atoms with E-state index >= 15 is 0 Å². The molecule has 0 saturated carbocycles. The summed E-state index contributed by atoms with van der Waals surface area (Å²) in [6, 6.07) is 11.5. The average Bonchev–Trinajstić information content (AvgIpc) is 3.48. The number of ether oxygens (including phenoxy) is 3. The Morgan fingerprint density at radius 2 is 2.03 bits per heavy atom. The summed E-state index contributed by atoms with van der Waals surface area (Å²) in [5.74, 6) is 0.787. The number of nitrogens with zero attached hydrogens (tertiary/aromatic N) is 3. The lowest BCUT2D eigenvalue weighted by Gasteiger charge is -2.35. The van der Waals surface area contributed by atoms with Crippen molar-refractivity contribution in [2.24, 2.45) is 5.92 Å². The van der Waals surface area contributed by atoms with Gasteiger partial charge in [-0.15, -0.1) is 0 Å². The number of aromatic nitrogens is 2. The summed E-state index contributed by atoms with van der Waals surface area (Å²) in [4.78, 5) is 19.9. The number of amides is 1. The number of pyridine rings is 1. The number of fused-ring (bicyclic) bond motifs is 1. The molecule has 0 aliphatic carbocycles. The van der Waals surface area contributed by atoms with Crippen LogP contribution in [-0.4, -0.2) is 52.8 Å². The highest BCUT2D eigenvalue weighted by molar-refractivity contribution is 5.97. The minimum atomic E-state index is -0.194. The first-order valence-corrected chi connectivity index (χ1v) is 10.9. The maximum absolute atomic E-state index is 13.3. The van der Waals surface area contributed by atoms with Gasteiger partial charge < -0.3 is 23.5 Å². The SMILES string of the molecule is Cc1cccn2cc(COc3ccccc3C(=O)N3CCCC(C4OCCO4)C3)nc12. The van der Waals surface area contributed by atoms with Gasteiger partial charge in [-0.2, -0.15) is 0 Å². The fourth-order valence-corrected chi connectivity index (χ4v) is 4.43. The quantitative estimate of drug-likeness (QED) is 0.631. The number of hydrogen-bond donors (Lipinski definition) is 0. The maximum atomic E-state index is 13.3. The van der Waals surface area contributed by atoms with Crippen LogP contribution in [0.2, 0.25) is 0 Å². The normalized spacial score (nSPS) is 19.8. The number of para-hydroxylation sites is 1. The lowest BCUT2D eigenvalue weighted by Crippen LogP contribution is -2.43. The van der Waals surface area contributed by atoms with E-state index in [9.17, 15) is 4.79 Å². The summed E-state index contributed by atoms with van der Waals surface area (Å²) in [5, 5.41) is 0. The zero-order valence-electron chi connectivity index (χ0n) is 17.7. The third-order valence-corrected chi connectivity index (χ3v) is 6.00. The molecule has 2 aliphatic heterocycles. The predicted molar refractivity (Wildman–Crippen MR) is 115 cm³/mol. The van der Waals surface area contributed by atoms with Gasteiger partial charge in [0, 0.05) is 31.4 Å². The molecule has 0 spiro atoms. The Bertz CT molecular complexity index is 1070. The van der Waals surface area contributed by atoms with E-state index < -0.39 is 0 Å². The van der Waals surface area contributed by atoms with Gasteiger partial charge in [-0.25, -0.2) is 4.98 Å². The van der Waals surface area contributed by atoms with E-state index in [1.165, 1.54) is 0 Å². The smallest absolute Gasteiger partial charge is 0.257 e. The van der Waals surface area contributed by atoms with Crippen molar-refractivity contribution in [2.75, 3.05) is 26.3 Å². The van der Waals surface area contributed by atoms with E-state index in [0.29, 0.717) is 37.7 Å². The number of rotatable bonds is 5. The van der Waals surface area contributed by atoms with Crippen LogP contribution in [0.4, 0.5) is 0 Å². The molecule has 2 fully saturated rings. The van der Waals surface area contributed by atoms with Gasteiger partial charge in [0.1, 0.15) is 18.0 Å². The standard InChI is InChI=1S/C24H27N3O4/c1-17-6-4-10-26-15-19(25-22(17)26)16-31-21-9-3-2-8-20(21)23(28)27-11-5-7-18(14-27)24-29-12-13-30-24/h2-4,6,8-10,15,18,24H,5,7,11-14,16H2,1H3. The molecule has 2 aromatic heterocycles. The van der Waals surface area contributed by atoms with Crippen LogP contribution < -0.4 is 4.74 Å². The molecule has 4 heterocycles. The average molecular weight is 421 g/mol. The Balaban J connectivity index is 1.30. The van der Waals surface area contributed by atoms with Crippen LogP contribution in [0, 0.1) is 12.8 Å². The molecule has 7 nitrogen and oxygen atoms in total. The molecule has 3 aromatic rings. The highest BCUT2D eigenvalue weighted by Crippen LogP contribution is 2.28. The highest BCUT2D eigenvalue weighted by atomic mass is 16.7. The first kappa shape index (κ1) is 20.0. The lowest BCUT2D eigenvalue weighted by atomic mass is 9.96. The molecule has 0 bridgehead atoms. The monoisotopic (exact) mass is 421 g/mol. The second kappa shape index (κ2) is 8.69. The summed E-state index contributed by atoms with van der Waals surface area (Å²) in [5.41, 5.74) is 3.43. The molecule has 0 radical (unpaired) electrons. The molecule has 162 valence electrons. The minimum absolute atomic E-state index is 0.0101. The molecule has 31 heavy (non-hydrogen) atoms. The second-order valence-electron chi connectivity index (χ2n) is 8.20. The van der Waals surface area contributed by atoms with E-state index in [0.717, 1.165) is 36.3 Å². The zero-order valence-corrected chi connectivity index (χ0v) is 17.7. The Kier molecular flexibility index (Phi) is 5.61. The van der Waals surface area contributed by atoms with Crippen LogP contribution in [0.15, 0.2) is 48.8 Å². The number of aryl methyl sites for hydroxylation is 1. The van der Waals surface area contributed by atoms with Gasteiger partial charge in [0.2, 0.25) is 0 Å². The van der Waals surface area contributed by atoms with Crippen LogP contribution in [0.3, 0.4) is 0 Å². The van der Waals surface area contributed by atoms with Crippen molar-refractivity contribution in [1.82, 2.24) is 14.3 Å². The summed E-state index contributed by atoms with van der Waals surface area (Å²) in [6.07, 6.45) is 5.70. The van der Waals surface area contributed by atoms with Crippen molar-refractivity contribution in [3.8, 4) is 5.75 Å². The number of likely N-dealkylation sites (tertiary alicyclic amines) is 1. The van der Waals surface area contributed by atoms with Gasteiger partial charge >= 0.3 is 0 Å². The molecule has 1 aromatic carbocycles. The Morgan fingerprint density at radius 1 is 1.19 bits per heavy atom. The Morgan fingerprint density at radius 3 is 2.87 bits per heavy atom. The predicted octanol–water partition coefficient (Wildman–Crippen LogP) is 3.45. The summed E-state index contributed by atoms with van der Waals surface area (Å²) in [7, 11) is 0. The van der Waals surface area contributed by atoms with Gasteiger partial charge in [0.25, 0.3) is 5.91 Å². The number of piperidine rings is 1. The van der Waals surface area contributed by atoms with Crippen LogP contribution in [0.5, 0.6) is 5.75 Å². The molecule has 5 rings (SSSR count). The van der Waals surface area contributed by atoms with E-state index in [1.807, 2.05) is 65.0 Å². The number of imidazole rings is 1. The molecule has 7 heteroatoms. The summed E-state index contributed by atoms with van der Waals surface area (Å²) >= 11 is 0. The highest BCUT2D eigenvalue weighted by Gasteiger charge is 2.33. The number of benzene rings is 1. The Hall–Kier alpha value is -2.90. The number of carbonyl (C=O) groups is 1. The first-order valence-electron chi connectivity index (χ1n) is 10.9. The van der Waals surface area contributed by atoms with Crippen LogP contribution in [0.1, 0.15) is 34.5 Å². The first-order chi connectivity index (χ1) is 15.2. The van der Waals surface area contributed by atoms with Gasteiger partial charge in [0.05, 0.1) is 24.5 Å². The van der Waals surface area contributed by atoms with Gasteiger partial charge in [-0.3, -0.25) is 4.79 Å². The minimum Gasteiger partial charge on any atom is -0.486 e. The molecular formula is C24H27N3O4. The van der Waals surface area contributed by atoms with E-state index in [1.54, 1.807) is 0 Å². The summed E-state index contributed by atoms with van der Waals surface area (Å²) < 4.78 is 19.4. The van der Waals surface area contributed by atoms with Crippen molar-refractivity contribution in [3.05, 3.63) is 65.6 Å². The fourth-order valence-electron chi connectivity index (χ4n) is 4.43. The largest absolute Gasteiger partial charge is 0.486 e. The Labute approximate surface area is 181 Å². The van der Waals surface area contributed by atoms with Crippen LogP contribution in [-0.2, 0) is 16.1 Å². The molecular weight excluding hydrogens is 394 g/mol. The fraction of sp³-hybridized carbons (Fsp3) is 0.417. The van der Waals surface area contributed by atoms with Crippen molar-refractivity contribution in [1.29, 1.82) is 0 Å². The van der Waals surface area contributed by atoms with Gasteiger partial charge in [-0.05, 0) is 43.5 Å². The van der Waals surface area contributed by atoms with E-state index in [-0.39, 0.29) is 18.1 Å². The number of carbonyl (C=O) groups excluding carboxylic acids is 1. The topological polar surface area (TPSA) is 65.3 Å². The maximum Gasteiger partial charge on any atom is 0.257 e. The van der Waals surface area contributed by atoms with Crippen LogP contribution >= 0.6 is 0 Å². The third-order valence-electron chi connectivity index (χ3n) is 6.00.